The van der Waals surface area contributed by atoms with E-state index in [2.05, 4.69) is 66.7 Å². The van der Waals surface area contributed by atoms with Gasteiger partial charge in [-0.3, -0.25) is 0 Å². The van der Waals surface area contributed by atoms with Crippen molar-refractivity contribution < 1.29 is 0 Å². The number of thiophene rings is 1. The first-order chi connectivity index (χ1) is 10.8. The van der Waals surface area contributed by atoms with Gasteiger partial charge >= 0.3 is 0 Å². The zero-order valence-electron chi connectivity index (χ0n) is 11.8. The normalized spacial score (nSPS) is 11.0. The summed E-state index contributed by atoms with van der Waals surface area (Å²) >= 11 is 7.78. The van der Waals surface area contributed by atoms with Crippen LogP contribution < -0.4 is 0 Å². The van der Waals surface area contributed by atoms with E-state index in [0.29, 0.717) is 0 Å². The number of rotatable bonds is 2. The van der Waals surface area contributed by atoms with E-state index in [1.54, 1.807) is 0 Å². The number of hydrogen-bond donors (Lipinski definition) is 0. The minimum atomic E-state index is 0.769. The molecule has 0 saturated carbocycles. The molecule has 2 heteroatoms. The molecular formula is C20H13ClS. The second kappa shape index (κ2) is 5.60. The van der Waals surface area contributed by atoms with Gasteiger partial charge in [0.2, 0.25) is 0 Å². The van der Waals surface area contributed by atoms with Crippen LogP contribution >= 0.6 is 22.9 Å². The minimum Gasteiger partial charge on any atom is -0.135 e. The van der Waals surface area contributed by atoms with Gasteiger partial charge in [0.05, 0.1) is 0 Å². The Kier molecular flexibility index (Phi) is 3.45. The molecule has 0 aliphatic heterocycles. The summed E-state index contributed by atoms with van der Waals surface area (Å²) in [5.41, 5.74) is 3.66. The van der Waals surface area contributed by atoms with Gasteiger partial charge in [-0.05, 0) is 46.3 Å². The highest BCUT2D eigenvalue weighted by molar-refractivity contribution is 7.22. The third-order valence-corrected chi connectivity index (χ3v) is 5.19. The first-order valence-corrected chi connectivity index (χ1v) is 8.34. The first-order valence-electron chi connectivity index (χ1n) is 7.14. The molecule has 0 aliphatic rings. The molecule has 4 rings (SSSR count). The number of fused-ring (bicyclic) bond motifs is 1. The summed E-state index contributed by atoms with van der Waals surface area (Å²) in [4.78, 5) is 1.31. The summed E-state index contributed by atoms with van der Waals surface area (Å²) in [7, 11) is 0. The van der Waals surface area contributed by atoms with Crippen molar-refractivity contribution >= 4 is 33.0 Å². The zero-order valence-corrected chi connectivity index (χ0v) is 13.4. The summed E-state index contributed by atoms with van der Waals surface area (Å²) < 4.78 is 1.33. The van der Waals surface area contributed by atoms with Gasteiger partial charge in [0.25, 0.3) is 0 Å². The molecule has 106 valence electrons. The van der Waals surface area contributed by atoms with Crippen molar-refractivity contribution in [1.29, 1.82) is 0 Å². The molecule has 0 aliphatic carbocycles. The van der Waals surface area contributed by atoms with Crippen molar-refractivity contribution in [1.82, 2.24) is 0 Å². The SMILES string of the molecule is Clc1ccc(-c2ccc(-c3cc4ccccc4s3)cc2)cc1. The summed E-state index contributed by atoms with van der Waals surface area (Å²) in [5, 5.41) is 2.08. The van der Waals surface area contributed by atoms with Crippen molar-refractivity contribution in [2.45, 2.75) is 0 Å². The third kappa shape index (κ3) is 2.54. The molecule has 0 fully saturated rings. The topological polar surface area (TPSA) is 0 Å². The molecule has 0 atom stereocenters. The first kappa shape index (κ1) is 13.6. The fourth-order valence-corrected chi connectivity index (χ4v) is 3.79. The standard InChI is InChI=1S/C20H13ClS/c21-18-11-9-15(10-12-18)14-5-7-16(8-6-14)20-13-17-3-1-2-4-19(17)22-20/h1-13H. The van der Waals surface area contributed by atoms with Crippen molar-refractivity contribution in [2.75, 3.05) is 0 Å². The van der Waals surface area contributed by atoms with Crippen LogP contribution in [0, 0.1) is 0 Å². The van der Waals surface area contributed by atoms with Gasteiger partial charge in [-0.2, -0.15) is 0 Å². The third-order valence-electron chi connectivity index (χ3n) is 3.77. The van der Waals surface area contributed by atoms with Crippen LogP contribution in [0.4, 0.5) is 0 Å². The number of hydrogen-bond acceptors (Lipinski definition) is 1. The Morgan fingerprint density at radius 1 is 0.636 bits per heavy atom. The van der Waals surface area contributed by atoms with Crippen molar-refractivity contribution in [3.8, 4) is 21.6 Å². The van der Waals surface area contributed by atoms with Crippen LogP contribution in [0.1, 0.15) is 0 Å². The average molecular weight is 321 g/mol. The summed E-state index contributed by atoms with van der Waals surface area (Å²) in [5.74, 6) is 0. The lowest BCUT2D eigenvalue weighted by molar-refractivity contribution is 1.62. The Hall–Kier alpha value is -2.09. The minimum absolute atomic E-state index is 0.769. The maximum Gasteiger partial charge on any atom is 0.0406 e. The fraction of sp³-hybridized carbons (Fsp3) is 0. The van der Waals surface area contributed by atoms with Gasteiger partial charge in [-0.25, -0.2) is 0 Å². The van der Waals surface area contributed by atoms with E-state index in [1.807, 2.05) is 23.5 Å². The number of halogens is 1. The second-order valence-corrected chi connectivity index (χ2v) is 6.75. The Morgan fingerprint density at radius 2 is 1.23 bits per heavy atom. The molecule has 1 heterocycles. The quantitative estimate of drug-likeness (QED) is 0.377. The molecule has 0 saturated heterocycles. The van der Waals surface area contributed by atoms with E-state index in [-0.39, 0.29) is 0 Å². The van der Waals surface area contributed by atoms with Crippen molar-refractivity contribution in [2.24, 2.45) is 0 Å². The van der Waals surface area contributed by atoms with Gasteiger partial charge in [-0.1, -0.05) is 66.2 Å². The van der Waals surface area contributed by atoms with E-state index in [1.165, 1.54) is 31.7 Å². The smallest absolute Gasteiger partial charge is 0.0406 e. The van der Waals surface area contributed by atoms with E-state index in [4.69, 9.17) is 11.6 Å². The van der Waals surface area contributed by atoms with E-state index >= 15 is 0 Å². The van der Waals surface area contributed by atoms with Crippen LogP contribution in [-0.2, 0) is 0 Å². The second-order valence-electron chi connectivity index (χ2n) is 5.23. The molecule has 0 radical (unpaired) electrons. The Morgan fingerprint density at radius 3 is 1.91 bits per heavy atom. The van der Waals surface area contributed by atoms with Gasteiger partial charge in [0.1, 0.15) is 0 Å². The highest BCUT2D eigenvalue weighted by Crippen LogP contribution is 2.34. The van der Waals surface area contributed by atoms with Gasteiger partial charge < -0.3 is 0 Å². The zero-order chi connectivity index (χ0) is 14.9. The van der Waals surface area contributed by atoms with E-state index in [9.17, 15) is 0 Å². The molecule has 1 aromatic heterocycles. The van der Waals surface area contributed by atoms with E-state index < -0.39 is 0 Å². The van der Waals surface area contributed by atoms with Crippen LogP contribution in [0.5, 0.6) is 0 Å². The van der Waals surface area contributed by atoms with Crippen LogP contribution in [-0.4, -0.2) is 0 Å². The molecule has 4 aromatic rings. The monoisotopic (exact) mass is 320 g/mol. The molecule has 0 N–H and O–H groups in total. The Balaban J connectivity index is 1.70. The highest BCUT2D eigenvalue weighted by Gasteiger charge is 2.04. The summed E-state index contributed by atoms with van der Waals surface area (Å²) in [6, 6.07) is 27.4. The molecule has 3 aromatic carbocycles. The van der Waals surface area contributed by atoms with Crippen molar-refractivity contribution in [3.63, 3.8) is 0 Å². The lowest BCUT2D eigenvalue weighted by Gasteiger charge is -2.03. The number of benzene rings is 3. The van der Waals surface area contributed by atoms with Crippen LogP contribution in [0.3, 0.4) is 0 Å². The van der Waals surface area contributed by atoms with Gasteiger partial charge in [0.15, 0.2) is 0 Å². The molecule has 0 amide bonds. The molecule has 0 bridgehead atoms. The fourth-order valence-electron chi connectivity index (χ4n) is 2.59. The summed E-state index contributed by atoms with van der Waals surface area (Å²) in [6.45, 7) is 0. The maximum absolute atomic E-state index is 5.94. The molecule has 0 spiro atoms. The Bertz CT molecular complexity index is 885. The Labute approximate surface area is 138 Å². The molecule has 22 heavy (non-hydrogen) atoms. The maximum atomic E-state index is 5.94. The van der Waals surface area contributed by atoms with Gasteiger partial charge in [-0.15, -0.1) is 11.3 Å². The predicted octanol–water partition coefficient (Wildman–Crippen LogP) is 6.89. The largest absolute Gasteiger partial charge is 0.135 e. The predicted molar refractivity (Wildman–Crippen MR) is 97.7 cm³/mol. The van der Waals surface area contributed by atoms with Crippen LogP contribution in [0.25, 0.3) is 31.7 Å². The van der Waals surface area contributed by atoms with E-state index in [0.717, 1.165) is 5.02 Å². The van der Waals surface area contributed by atoms with Gasteiger partial charge in [0, 0.05) is 14.6 Å². The lowest BCUT2D eigenvalue weighted by Crippen LogP contribution is -1.78. The van der Waals surface area contributed by atoms with Crippen molar-refractivity contribution in [3.05, 3.63) is 83.9 Å². The highest BCUT2D eigenvalue weighted by atomic mass is 35.5. The summed E-state index contributed by atoms with van der Waals surface area (Å²) in [6.07, 6.45) is 0. The van der Waals surface area contributed by atoms with Crippen LogP contribution in [0.15, 0.2) is 78.9 Å². The molecule has 0 unspecified atom stereocenters. The molecular weight excluding hydrogens is 308 g/mol. The lowest BCUT2D eigenvalue weighted by atomic mass is 10.0. The molecule has 0 nitrogen and oxygen atoms in total. The van der Waals surface area contributed by atoms with Crippen LogP contribution in [0.2, 0.25) is 5.02 Å². The average Bonchev–Trinajstić information content (AvgIpc) is 3.00.